The van der Waals surface area contributed by atoms with Crippen LogP contribution in [0.15, 0.2) is 49.2 Å². The molecule has 198 valence electrons. The van der Waals surface area contributed by atoms with E-state index < -0.39 is 21.3 Å². The second kappa shape index (κ2) is 12.0. The van der Waals surface area contributed by atoms with Gasteiger partial charge in [-0.05, 0) is 51.1 Å². The Labute approximate surface area is 217 Å². The number of ether oxygens (including phenoxy) is 1. The summed E-state index contributed by atoms with van der Waals surface area (Å²) >= 11 is 0. The molecule has 0 aliphatic heterocycles. The fourth-order valence-electron chi connectivity index (χ4n) is 3.85. The average Bonchev–Trinajstić information content (AvgIpc) is 3.37. The van der Waals surface area contributed by atoms with Crippen molar-refractivity contribution >= 4 is 38.7 Å². The quantitative estimate of drug-likeness (QED) is 0.199. The lowest BCUT2D eigenvalue weighted by Crippen LogP contribution is -2.44. The minimum absolute atomic E-state index is 0.0239. The Morgan fingerprint density at radius 3 is 2.70 bits per heavy atom. The number of fused-ring (bicyclic) bond motifs is 1. The van der Waals surface area contributed by atoms with Crippen molar-refractivity contribution < 1.29 is 22.7 Å². The van der Waals surface area contributed by atoms with Gasteiger partial charge in [-0.2, -0.15) is 5.10 Å². The number of sulfonamides is 1. The van der Waals surface area contributed by atoms with Crippen LogP contribution in [-0.2, 0) is 26.7 Å². The Hall–Kier alpha value is -3.70. The van der Waals surface area contributed by atoms with Gasteiger partial charge in [-0.25, -0.2) is 13.1 Å². The van der Waals surface area contributed by atoms with Crippen LogP contribution >= 0.6 is 0 Å². The molecule has 0 bridgehead atoms. The van der Waals surface area contributed by atoms with E-state index in [0.717, 1.165) is 23.7 Å². The lowest BCUT2D eigenvalue weighted by molar-refractivity contribution is -0.119. The maximum absolute atomic E-state index is 12.6. The molecule has 0 radical (unpaired) electrons. The maximum Gasteiger partial charge on any atom is 0.257 e. The molecule has 1 unspecified atom stereocenters. The molecule has 2 heterocycles. The molecular formula is C26H33N5O5S. The Bertz CT molecular complexity index is 1430. The minimum Gasteiger partial charge on any atom is -0.486 e. The van der Waals surface area contributed by atoms with Crippen LogP contribution in [0.1, 0.15) is 37.9 Å². The molecule has 0 fully saturated rings. The number of carbonyl (C=O) groups is 2. The molecule has 37 heavy (non-hydrogen) atoms. The van der Waals surface area contributed by atoms with Gasteiger partial charge in [-0.15, -0.1) is 6.58 Å². The number of benzene rings is 1. The van der Waals surface area contributed by atoms with Crippen molar-refractivity contribution in [2.24, 2.45) is 7.05 Å². The first kappa shape index (κ1) is 27.9. The fraction of sp³-hybridized carbons (Fsp3) is 0.346. The van der Waals surface area contributed by atoms with Crippen LogP contribution in [0, 0.1) is 6.92 Å². The summed E-state index contributed by atoms with van der Waals surface area (Å²) < 4.78 is 36.5. The van der Waals surface area contributed by atoms with Crippen molar-refractivity contribution in [2.45, 2.75) is 39.0 Å². The van der Waals surface area contributed by atoms with E-state index in [4.69, 9.17) is 4.74 Å². The van der Waals surface area contributed by atoms with Crippen LogP contribution in [0.25, 0.3) is 22.8 Å². The monoisotopic (exact) mass is 527 g/mol. The number of amides is 1. The van der Waals surface area contributed by atoms with Crippen molar-refractivity contribution in [2.75, 3.05) is 13.2 Å². The Balaban J connectivity index is 1.88. The van der Waals surface area contributed by atoms with Gasteiger partial charge in [0.2, 0.25) is 0 Å². The third-order valence-electron chi connectivity index (χ3n) is 5.64. The second-order valence-electron chi connectivity index (χ2n) is 8.65. The SMILES string of the molecule is C=CC(NCCCC)S(=O)(=O)NC(=O)/C=C/c1c(C)nn(C)c1-n1ccc2ccc(OCC(C)=O)cc21. The standard InChI is InChI=1S/C26H33N5O5S/c1-6-8-14-27-25(7-2)37(34,35)29-24(33)12-11-22-19(4)28-30(5)26(22)31-15-13-20-9-10-21(16-23(20)31)36-17-18(3)32/h7,9-13,15-16,25,27H,2,6,8,14,17H2,1,3-5H3,(H,29,33)/b12-11+. The summed E-state index contributed by atoms with van der Waals surface area (Å²) in [5, 5.41) is 7.22. The van der Waals surface area contributed by atoms with Gasteiger partial charge in [0, 0.05) is 36.3 Å². The van der Waals surface area contributed by atoms with Gasteiger partial charge in [0.1, 0.15) is 23.5 Å². The number of aryl methyl sites for hydroxylation is 2. The summed E-state index contributed by atoms with van der Waals surface area (Å²) in [6, 6.07) is 7.45. The molecule has 0 spiro atoms. The van der Waals surface area contributed by atoms with Crippen molar-refractivity contribution in [3.8, 4) is 11.6 Å². The fourth-order valence-corrected chi connectivity index (χ4v) is 4.91. The van der Waals surface area contributed by atoms with E-state index >= 15 is 0 Å². The molecule has 3 rings (SSSR count). The van der Waals surface area contributed by atoms with Crippen molar-refractivity contribution in [3.05, 3.63) is 60.5 Å². The second-order valence-corrected chi connectivity index (χ2v) is 10.5. The molecule has 2 N–H and O–H groups in total. The number of rotatable bonds is 13. The number of carbonyl (C=O) groups excluding carboxylic acids is 2. The molecule has 11 heteroatoms. The summed E-state index contributed by atoms with van der Waals surface area (Å²) in [4.78, 5) is 23.9. The van der Waals surface area contributed by atoms with Crippen molar-refractivity contribution in [1.29, 1.82) is 0 Å². The van der Waals surface area contributed by atoms with E-state index in [1.165, 1.54) is 25.2 Å². The largest absolute Gasteiger partial charge is 0.486 e. The first-order valence-electron chi connectivity index (χ1n) is 11.9. The number of ketones is 1. The Kier molecular flexibility index (Phi) is 9.06. The normalized spacial score (nSPS) is 12.6. The predicted octanol–water partition coefficient (Wildman–Crippen LogP) is 3.00. The highest BCUT2D eigenvalue weighted by atomic mass is 32.2. The van der Waals surface area contributed by atoms with E-state index in [1.54, 1.807) is 24.7 Å². The average molecular weight is 528 g/mol. The minimum atomic E-state index is -4.00. The molecule has 2 aromatic heterocycles. The van der Waals surface area contributed by atoms with Crippen LogP contribution in [0.2, 0.25) is 0 Å². The van der Waals surface area contributed by atoms with Gasteiger partial charge >= 0.3 is 0 Å². The Morgan fingerprint density at radius 2 is 2.03 bits per heavy atom. The number of nitrogens with one attached hydrogen (secondary N) is 2. The smallest absolute Gasteiger partial charge is 0.257 e. The van der Waals surface area contributed by atoms with Crippen LogP contribution in [0.4, 0.5) is 0 Å². The third kappa shape index (κ3) is 6.75. The number of aromatic nitrogens is 3. The van der Waals surface area contributed by atoms with E-state index in [2.05, 4.69) is 21.7 Å². The topological polar surface area (TPSA) is 124 Å². The highest BCUT2D eigenvalue weighted by Crippen LogP contribution is 2.28. The summed E-state index contributed by atoms with van der Waals surface area (Å²) in [5.74, 6) is 0.359. The van der Waals surface area contributed by atoms with Crippen molar-refractivity contribution in [1.82, 2.24) is 24.4 Å². The van der Waals surface area contributed by atoms with Crippen LogP contribution in [0.5, 0.6) is 5.75 Å². The lowest BCUT2D eigenvalue weighted by Gasteiger charge is -2.15. The first-order chi connectivity index (χ1) is 17.6. The maximum atomic E-state index is 12.6. The number of unbranched alkanes of at least 4 members (excludes halogenated alkanes) is 1. The van der Waals surface area contributed by atoms with Crippen LogP contribution in [-0.4, -0.2) is 53.0 Å². The first-order valence-corrected chi connectivity index (χ1v) is 13.5. The van der Waals surface area contributed by atoms with E-state index in [0.29, 0.717) is 29.4 Å². The van der Waals surface area contributed by atoms with Crippen molar-refractivity contribution in [3.63, 3.8) is 0 Å². The summed E-state index contributed by atoms with van der Waals surface area (Å²) in [7, 11) is -2.22. The number of hydrogen-bond donors (Lipinski definition) is 2. The number of Topliss-reactive ketones (excluding diaryl/α,β-unsaturated/α-hetero) is 1. The van der Waals surface area contributed by atoms with Gasteiger partial charge in [-0.1, -0.05) is 19.4 Å². The zero-order valence-corrected chi connectivity index (χ0v) is 22.3. The van der Waals surface area contributed by atoms with E-state index in [1.807, 2.05) is 35.9 Å². The molecule has 1 atom stereocenters. The zero-order valence-electron chi connectivity index (χ0n) is 21.5. The highest BCUT2D eigenvalue weighted by Gasteiger charge is 2.23. The molecule has 1 aromatic carbocycles. The van der Waals surface area contributed by atoms with Crippen LogP contribution in [0.3, 0.4) is 0 Å². The third-order valence-corrected chi connectivity index (χ3v) is 7.15. The van der Waals surface area contributed by atoms with Gasteiger partial charge in [0.25, 0.3) is 15.9 Å². The molecule has 3 aromatic rings. The molecule has 0 saturated carbocycles. The molecule has 0 saturated heterocycles. The van der Waals surface area contributed by atoms with Crippen LogP contribution < -0.4 is 14.8 Å². The van der Waals surface area contributed by atoms with E-state index in [-0.39, 0.29) is 12.4 Å². The molecular weight excluding hydrogens is 494 g/mol. The lowest BCUT2D eigenvalue weighted by atomic mass is 10.2. The Morgan fingerprint density at radius 1 is 1.27 bits per heavy atom. The summed E-state index contributed by atoms with van der Waals surface area (Å²) in [6.45, 7) is 9.29. The molecule has 0 aliphatic rings. The van der Waals surface area contributed by atoms with Gasteiger partial charge in [0.05, 0.1) is 11.2 Å². The zero-order chi connectivity index (χ0) is 27.2. The highest BCUT2D eigenvalue weighted by molar-refractivity contribution is 7.90. The molecule has 10 nitrogen and oxygen atoms in total. The number of hydrogen-bond acceptors (Lipinski definition) is 7. The number of nitrogens with zero attached hydrogens (tertiary/aromatic N) is 3. The van der Waals surface area contributed by atoms with Gasteiger partial charge in [-0.3, -0.25) is 19.6 Å². The molecule has 0 aliphatic carbocycles. The van der Waals surface area contributed by atoms with E-state index in [9.17, 15) is 18.0 Å². The predicted molar refractivity (Wildman–Crippen MR) is 144 cm³/mol. The van der Waals surface area contributed by atoms with Gasteiger partial charge in [0.15, 0.2) is 5.78 Å². The van der Waals surface area contributed by atoms with Gasteiger partial charge < -0.3 is 9.30 Å². The summed E-state index contributed by atoms with van der Waals surface area (Å²) in [5.41, 5.74) is 2.11. The molecule has 1 amide bonds. The summed E-state index contributed by atoms with van der Waals surface area (Å²) in [6.07, 6.45) is 7.54.